The lowest BCUT2D eigenvalue weighted by atomic mass is 9.94. The Bertz CT molecular complexity index is 594. The number of piperidine rings is 1. The van der Waals surface area contributed by atoms with E-state index in [0.717, 1.165) is 29.5 Å². The zero-order chi connectivity index (χ0) is 14.1. The molecule has 0 spiro atoms. The topological polar surface area (TPSA) is 47.1 Å². The Morgan fingerprint density at radius 1 is 1.30 bits per heavy atom. The Kier molecular flexibility index (Phi) is 3.66. The Morgan fingerprint density at radius 3 is 2.80 bits per heavy atom. The maximum absolute atomic E-state index is 5.83. The number of hydrogen-bond acceptors (Lipinski definition) is 3. The van der Waals surface area contributed by atoms with E-state index in [9.17, 15) is 0 Å². The number of benzene rings is 1. The maximum Gasteiger partial charge on any atom is 0.106 e. The summed E-state index contributed by atoms with van der Waals surface area (Å²) in [7, 11) is 2.22. The van der Waals surface area contributed by atoms with Gasteiger partial charge in [0.1, 0.15) is 5.82 Å². The summed E-state index contributed by atoms with van der Waals surface area (Å²) in [6.07, 6.45) is 3.91. The van der Waals surface area contributed by atoms with Crippen LogP contribution < -0.4 is 5.73 Å². The third-order valence-corrected chi connectivity index (χ3v) is 4.56. The van der Waals surface area contributed by atoms with E-state index in [2.05, 4.69) is 34.5 Å². The van der Waals surface area contributed by atoms with Crippen LogP contribution in [0.1, 0.15) is 25.1 Å². The number of aryl methyl sites for hydroxylation is 2. The first-order valence-corrected chi connectivity index (χ1v) is 7.54. The molecule has 0 saturated carbocycles. The van der Waals surface area contributed by atoms with E-state index in [0.29, 0.717) is 0 Å². The minimum absolute atomic E-state index is 0.789. The van der Waals surface area contributed by atoms with Gasteiger partial charge >= 0.3 is 0 Å². The highest BCUT2D eigenvalue weighted by Gasteiger charge is 2.17. The lowest BCUT2D eigenvalue weighted by Crippen LogP contribution is -2.30. The largest absolute Gasteiger partial charge is 0.399 e. The molecule has 3 rings (SSSR count). The predicted molar refractivity (Wildman–Crippen MR) is 83.7 cm³/mol. The fourth-order valence-electron chi connectivity index (χ4n) is 3.21. The molecule has 2 N–H and O–H groups in total. The van der Waals surface area contributed by atoms with Crippen molar-refractivity contribution in [3.05, 3.63) is 24.0 Å². The highest BCUT2D eigenvalue weighted by Crippen LogP contribution is 2.23. The van der Waals surface area contributed by atoms with Crippen molar-refractivity contribution in [3.63, 3.8) is 0 Å². The first kappa shape index (κ1) is 13.4. The van der Waals surface area contributed by atoms with Gasteiger partial charge in [-0.25, -0.2) is 4.98 Å². The third-order valence-electron chi connectivity index (χ3n) is 4.56. The molecule has 4 nitrogen and oxygen atoms in total. The predicted octanol–water partition coefficient (Wildman–Crippen LogP) is 2.66. The highest BCUT2D eigenvalue weighted by molar-refractivity contribution is 5.79. The van der Waals surface area contributed by atoms with E-state index in [1.165, 1.54) is 37.9 Å². The Hall–Kier alpha value is -1.55. The van der Waals surface area contributed by atoms with Gasteiger partial charge in [0.25, 0.3) is 0 Å². The van der Waals surface area contributed by atoms with Crippen molar-refractivity contribution in [1.29, 1.82) is 0 Å². The first-order chi connectivity index (χ1) is 9.63. The molecule has 1 fully saturated rings. The van der Waals surface area contributed by atoms with Crippen molar-refractivity contribution in [1.82, 2.24) is 14.5 Å². The van der Waals surface area contributed by atoms with E-state index >= 15 is 0 Å². The SMILES string of the molecule is Cc1nc2cc(N)ccc2n1CCC1CCN(C)CC1. The summed E-state index contributed by atoms with van der Waals surface area (Å²) in [5.74, 6) is 1.95. The number of rotatable bonds is 3. The number of anilines is 1. The van der Waals surface area contributed by atoms with Gasteiger partial charge in [-0.2, -0.15) is 0 Å². The van der Waals surface area contributed by atoms with Crippen LogP contribution in [0.25, 0.3) is 11.0 Å². The minimum Gasteiger partial charge on any atom is -0.399 e. The van der Waals surface area contributed by atoms with Gasteiger partial charge in [-0.1, -0.05) is 0 Å². The molecule has 1 aliphatic rings. The quantitative estimate of drug-likeness (QED) is 0.874. The van der Waals surface area contributed by atoms with Crippen LogP contribution in [0.3, 0.4) is 0 Å². The number of fused-ring (bicyclic) bond motifs is 1. The summed E-state index contributed by atoms with van der Waals surface area (Å²) in [4.78, 5) is 7.05. The molecule has 0 radical (unpaired) electrons. The van der Waals surface area contributed by atoms with Crippen molar-refractivity contribution in [2.24, 2.45) is 5.92 Å². The highest BCUT2D eigenvalue weighted by atomic mass is 15.1. The average molecular weight is 272 g/mol. The molecule has 0 unspecified atom stereocenters. The molecule has 1 aromatic heterocycles. The lowest BCUT2D eigenvalue weighted by Gasteiger charge is -2.29. The zero-order valence-electron chi connectivity index (χ0n) is 12.5. The Labute approximate surface area is 120 Å². The summed E-state index contributed by atoms with van der Waals surface area (Å²) in [5, 5.41) is 0. The number of nitrogens with two attached hydrogens (primary N) is 1. The summed E-state index contributed by atoms with van der Waals surface area (Å²) in [6, 6.07) is 6.03. The number of likely N-dealkylation sites (tertiary alicyclic amines) is 1. The van der Waals surface area contributed by atoms with Gasteiger partial charge in [0.2, 0.25) is 0 Å². The van der Waals surface area contributed by atoms with Gasteiger partial charge < -0.3 is 15.2 Å². The van der Waals surface area contributed by atoms with Crippen LogP contribution in [0, 0.1) is 12.8 Å². The van der Waals surface area contributed by atoms with Gasteiger partial charge in [-0.05, 0) is 70.4 Å². The standard InChI is InChI=1S/C16H24N4/c1-12-18-15-11-14(17)3-4-16(15)20(12)10-7-13-5-8-19(2)9-6-13/h3-4,11,13H,5-10,17H2,1-2H3. The third kappa shape index (κ3) is 2.66. The van der Waals surface area contributed by atoms with Gasteiger partial charge in [0.15, 0.2) is 0 Å². The van der Waals surface area contributed by atoms with Gasteiger partial charge in [0, 0.05) is 12.2 Å². The fraction of sp³-hybridized carbons (Fsp3) is 0.562. The molecule has 0 bridgehead atoms. The lowest BCUT2D eigenvalue weighted by molar-refractivity contribution is 0.208. The number of hydrogen-bond donors (Lipinski definition) is 1. The molecular weight excluding hydrogens is 248 g/mol. The number of aromatic nitrogens is 2. The van der Waals surface area contributed by atoms with Crippen LogP contribution >= 0.6 is 0 Å². The van der Waals surface area contributed by atoms with E-state index in [4.69, 9.17) is 5.73 Å². The second-order valence-corrected chi connectivity index (χ2v) is 6.09. The average Bonchev–Trinajstić information content (AvgIpc) is 2.73. The zero-order valence-corrected chi connectivity index (χ0v) is 12.5. The van der Waals surface area contributed by atoms with E-state index in [1.807, 2.05) is 12.1 Å². The van der Waals surface area contributed by atoms with Crippen LogP contribution in [0.2, 0.25) is 0 Å². The van der Waals surface area contributed by atoms with Crippen LogP contribution in [0.4, 0.5) is 5.69 Å². The van der Waals surface area contributed by atoms with Crippen LogP contribution in [-0.4, -0.2) is 34.6 Å². The smallest absolute Gasteiger partial charge is 0.106 e. The molecule has 20 heavy (non-hydrogen) atoms. The van der Waals surface area contributed by atoms with E-state index in [1.54, 1.807) is 0 Å². The maximum atomic E-state index is 5.83. The second-order valence-electron chi connectivity index (χ2n) is 6.09. The monoisotopic (exact) mass is 272 g/mol. The molecule has 0 atom stereocenters. The molecule has 1 saturated heterocycles. The van der Waals surface area contributed by atoms with Crippen molar-refractivity contribution < 1.29 is 0 Å². The molecule has 4 heteroatoms. The molecule has 1 aromatic carbocycles. The van der Waals surface area contributed by atoms with Crippen LogP contribution in [0.15, 0.2) is 18.2 Å². The Balaban J connectivity index is 1.72. The van der Waals surface area contributed by atoms with Crippen molar-refractivity contribution in [2.45, 2.75) is 32.7 Å². The molecule has 108 valence electrons. The van der Waals surface area contributed by atoms with Gasteiger partial charge in [-0.15, -0.1) is 0 Å². The molecular formula is C16H24N4. The molecule has 0 amide bonds. The number of imidazole rings is 1. The van der Waals surface area contributed by atoms with Crippen LogP contribution in [-0.2, 0) is 6.54 Å². The van der Waals surface area contributed by atoms with Crippen molar-refractivity contribution in [2.75, 3.05) is 25.9 Å². The van der Waals surface area contributed by atoms with Crippen molar-refractivity contribution >= 4 is 16.7 Å². The van der Waals surface area contributed by atoms with E-state index < -0.39 is 0 Å². The van der Waals surface area contributed by atoms with Gasteiger partial charge in [0.05, 0.1) is 11.0 Å². The molecule has 0 aliphatic carbocycles. The molecule has 2 heterocycles. The van der Waals surface area contributed by atoms with Crippen LogP contribution in [0.5, 0.6) is 0 Å². The Morgan fingerprint density at radius 2 is 2.05 bits per heavy atom. The number of nitrogens with zero attached hydrogens (tertiary/aromatic N) is 3. The number of nitrogen functional groups attached to an aromatic ring is 1. The molecule has 1 aliphatic heterocycles. The summed E-state index contributed by atoms with van der Waals surface area (Å²) >= 11 is 0. The fourth-order valence-corrected chi connectivity index (χ4v) is 3.21. The first-order valence-electron chi connectivity index (χ1n) is 7.54. The minimum atomic E-state index is 0.789. The summed E-state index contributed by atoms with van der Waals surface area (Å²) in [5.41, 5.74) is 8.85. The summed E-state index contributed by atoms with van der Waals surface area (Å²) < 4.78 is 2.34. The van der Waals surface area contributed by atoms with Crippen molar-refractivity contribution in [3.8, 4) is 0 Å². The second kappa shape index (κ2) is 5.44. The van der Waals surface area contributed by atoms with E-state index in [-0.39, 0.29) is 0 Å². The summed E-state index contributed by atoms with van der Waals surface area (Å²) in [6.45, 7) is 5.64. The normalized spacial score (nSPS) is 17.9. The van der Waals surface area contributed by atoms with Gasteiger partial charge in [-0.3, -0.25) is 0 Å². The molecule has 2 aromatic rings.